The number of hydrogen-bond donors (Lipinski definition) is 1. The number of nitrogens with zero attached hydrogens (tertiary/aromatic N) is 1. The summed E-state index contributed by atoms with van der Waals surface area (Å²) in [7, 11) is 0. The molecule has 1 heterocycles. The summed E-state index contributed by atoms with van der Waals surface area (Å²) < 4.78 is 0. The first-order valence-corrected chi connectivity index (χ1v) is 8.48. The summed E-state index contributed by atoms with van der Waals surface area (Å²) in [4.78, 5) is 26.2. The number of carbonyl (C=O) groups is 2. The molecule has 0 radical (unpaired) electrons. The van der Waals surface area contributed by atoms with Gasteiger partial charge in [0.1, 0.15) is 0 Å². The lowest BCUT2D eigenvalue weighted by atomic mass is 9.85. The van der Waals surface area contributed by atoms with Crippen molar-refractivity contribution in [2.75, 3.05) is 13.1 Å². The van der Waals surface area contributed by atoms with Gasteiger partial charge < -0.3 is 5.32 Å². The number of halogens is 1. The van der Waals surface area contributed by atoms with E-state index in [-0.39, 0.29) is 23.7 Å². The van der Waals surface area contributed by atoms with E-state index in [4.69, 9.17) is 11.6 Å². The first-order valence-electron chi connectivity index (χ1n) is 8.10. The van der Waals surface area contributed by atoms with Crippen LogP contribution in [-0.4, -0.2) is 35.8 Å². The number of rotatable bonds is 4. The number of hydrogen-bond acceptors (Lipinski definition) is 3. The monoisotopic (exact) mass is 310 g/mol. The van der Waals surface area contributed by atoms with Crippen molar-refractivity contribution in [3.8, 4) is 0 Å². The highest BCUT2D eigenvalue weighted by Crippen LogP contribution is 2.38. The third-order valence-electron chi connectivity index (χ3n) is 5.03. The second-order valence-corrected chi connectivity index (χ2v) is 6.91. The summed E-state index contributed by atoms with van der Waals surface area (Å²) >= 11 is 6.02. The van der Waals surface area contributed by atoms with Crippen molar-refractivity contribution in [3.05, 3.63) is 11.1 Å². The van der Waals surface area contributed by atoms with Crippen LogP contribution in [0.2, 0.25) is 0 Å². The topological polar surface area (TPSA) is 49.4 Å². The van der Waals surface area contributed by atoms with Crippen molar-refractivity contribution >= 4 is 23.4 Å². The second kappa shape index (κ2) is 6.49. The maximum Gasteiger partial charge on any atom is 0.233 e. The first kappa shape index (κ1) is 15.0. The van der Waals surface area contributed by atoms with Crippen LogP contribution >= 0.6 is 11.6 Å². The molecule has 0 bridgehead atoms. The number of amides is 2. The SMILES string of the molecule is O=C1C2CC=C(Cl)CC2C(=O)N1CCNC1CCCCC1. The maximum atomic E-state index is 12.4. The fourth-order valence-electron chi connectivity index (χ4n) is 3.80. The van der Waals surface area contributed by atoms with Crippen LogP contribution in [0.5, 0.6) is 0 Å². The average molecular weight is 311 g/mol. The Balaban J connectivity index is 1.52. The lowest BCUT2D eigenvalue weighted by Gasteiger charge is -2.24. The first-order chi connectivity index (χ1) is 10.2. The van der Waals surface area contributed by atoms with E-state index in [0.29, 0.717) is 32.0 Å². The third-order valence-corrected chi connectivity index (χ3v) is 5.34. The van der Waals surface area contributed by atoms with E-state index in [1.165, 1.54) is 37.0 Å². The Bertz CT molecular complexity index is 457. The molecule has 21 heavy (non-hydrogen) atoms. The zero-order valence-electron chi connectivity index (χ0n) is 12.3. The molecule has 2 aliphatic carbocycles. The van der Waals surface area contributed by atoms with Crippen molar-refractivity contribution in [2.24, 2.45) is 11.8 Å². The molecular formula is C16H23ClN2O2. The van der Waals surface area contributed by atoms with Crippen molar-refractivity contribution in [1.29, 1.82) is 0 Å². The Hall–Kier alpha value is -0.870. The van der Waals surface area contributed by atoms with Crippen molar-refractivity contribution in [2.45, 2.75) is 51.0 Å². The van der Waals surface area contributed by atoms with Gasteiger partial charge in [0.25, 0.3) is 0 Å². The van der Waals surface area contributed by atoms with Crippen LogP contribution in [0, 0.1) is 11.8 Å². The van der Waals surface area contributed by atoms with Crippen LogP contribution in [0.25, 0.3) is 0 Å². The molecule has 2 atom stereocenters. The highest BCUT2D eigenvalue weighted by Gasteiger charge is 2.47. The van der Waals surface area contributed by atoms with E-state index >= 15 is 0 Å². The van der Waals surface area contributed by atoms with Crippen LogP contribution in [0.4, 0.5) is 0 Å². The van der Waals surface area contributed by atoms with Crippen molar-refractivity contribution in [3.63, 3.8) is 0 Å². The minimum absolute atomic E-state index is 0.00383. The largest absolute Gasteiger partial charge is 0.312 e. The van der Waals surface area contributed by atoms with Gasteiger partial charge in [0.05, 0.1) is 11.8 Å². The zero-order chi connectivity index (χ0) is 14.8. The Labute approximate surface area is 130 Å². The van der Waals surface area contributed by atoms with Crippen LogP contribution in [0.15, 0.2) is 11.1 Å². The highest BCUT2D eigenvalue weighted by atomic mass is 35.5. The molecule has 1 N–H and O–H groups in total. The van der Waals surface area contributed by atoms with Crippen LogP contribution < -0.4 is 5.32 Å². The molecule has 3 rings (SSSR count). The Morgan fingerprint density at radius 1 is 1.14 bits per heavy atom. The molecule has 2 unspecified atom stereocenters. The summed E-state index contributed by atoms with van der Waals surface area (Å²) in [6.45, 7) is 1.21. The van der Waals surface area contributed by atoms with E-state index < -0.39 is 0 Å². The van der Waals surface area contributed by atoms with Gasteiger partial charge in [0.15, 0.2) is 0 Å². The second-order valence-electron chi connectivity index (χ2n) is 6.42. The van der Waals surface area contributed by atoms with Gasteiger partial charge in [-0.3, -0.25) is 14.5 Å². The summed E-state index contributed by atoms with van der Waals surface area (Å²) in [5.74, 6) is -0.420. The molecule has 1 aliphatic heterocycles. The van der Waals surface area contributed by atoms with E-state index in [0.717, 1.165) is 5.03 Å². The molecule has 1 saturated carbocycles. The predicted molar refractivity (Wildman–Crippen MR) is 81.7 cm³/mol. The lowest BCUT2D eigenvalue weighted by Crippen LogP contribution is -2.40. The predicted octanol–water partition coefficient (Wildman–Crippen LogP) is 2.43. The van der Waals surface area contributed by atoms with E-state index in [9.17, 15) is 9.59 Å². The smallest absolute Gasteiger partial charge is 0.233 e. The third kappa shape index (κ3) is 3.16. The van der Waals surface area contributed by atoms with Gasteiger partial charge in [-0.05, 0) is 25.7 Å². The zero-order valence-corrected chi connectivity index (χ0v) is 13.1. The number of carbonyl (C=O) groups excluding carboxylic acids is 2. The van der Waals surface area contributed by atoms with Crippen molar-refractivity contribution < 1.29 is 9.59 Å². The quantitative estimate of drug-likeness (QED) is 0.811. The Morgan fingerprint density at radius 3 is 2.62 bits per heavy atom. The van der Waals surface area contributed by atoms with E-state index in [1.807, 2.05) is 6.08 Å². The molecule has 116 valence electrons. The molecular weight excluding hydrogens is 288 g/mol. The number of nitrogens with one attached hydrogen (secondary N) is 1. The summed E-state index contributed by atoms with van der Waals surface area (Å²) in [5, 5.41) is 4.22. The van der Waals surface area contributed by atoms with Gasteiger partial charge in [-0.25, -0.2) is 0 Å². The van der Waals surface area contributed by atoms with Gasteiger partial charge in [-0.15, -0.1) is 0 Å². The molecule has 0 aromatic rings. The lowest BCUT2D eigenvalue weighted by molar-refractivity contribution is -0.139. The van der Waals surface area contributed by atoms with Gasteiger partial charge >= 0.3 is 0 Å². The number of imide groups is 1. The summed E-state index contributed by atoms with van der Waals surface area (Å²) in [6.07, 6.45) is 9.36. The number of fused-ring (bicyclic) bond motifs is 1. The van der Waals surface area contributed by atoms with Crippen molar-refractivity contribution in [1.82, 2.24) is 10.2 Å². The molecule has 0 aromatic heterocycles. The standard InChI is InChI=1S/C16H23ClN2O2/c17-11-6-7-13-14(10-11)16(21)19(15(13)20)9-8-18-12-4-2-1-3-5-12/h6,12-14,18H,1-5,7-10H2. The molecule has 1 saturated heterocycles. The molecule has 5 heteroatoms. The molecule has 2 amide bonds. The Kier molecular flexibility index (Phi) is 4.65. The molecule has 3 aliphatic rings. The fraction of sp³-hybridized carbons (Fsp3) is 0.750. The molecule has 0 spiro atoms. The molecule has 2 fully saturated rings. The van der Waals surface area contributed by atoms with Gasteiger partial charge in [-0.2, -0.15) is 0 Å². The van der Waals surface area contributed by atoms with E-state index in [2.05, 4.69) is 5.32 Å². The van der Waals surface area contributed by atoms with Crippen LogP contribution in [0.3, 0.4) is 0 Å². The maximum absolute atomic E-state index is 12.4. The average Bonchev–Trinajstić information content (AvgIpc) is 2.73. The minimum Gasteiger partial charge on any atom is -0.312 e. The molecule has 0 aromatic carbocycles. The van der Waals surface area contributed by atoms with Crippen LogP contribution in [0.1, 0.15) is 44.9 Å². The van der Waals surface area contributed by atoms with Gasteiger partial charge in [0.2, 0.25) is 11.8 Å². The van der Waals surface area contributed by atoms with Gasteiger partial charge in [0, 0.05) is 24.2 Å². The highest BCUT2D eigenvalue weighted by molar-refractivity contribution is 6.30. The summed E-state index contributed by atoms with van der Waals surface area (Å²) in [6, 6.07) is 0.560. The minimum atomic E-state index is -0.218. The number of allylic oxidation sites excluding steroid dienone is 2. The number of likely N-dealkylation sites (tertiary alicyclic amines) is 1. The normalized spacial score (nSPS) is 30.5. The Morgan fingerprint density at radius 2 is 1.86 bits per heavy atom. The molecule has 4 nitrogen and oxygen atoms in total. The van der Waals surface area contributed by atoms with E-state index in [1.54, 1.807) is 0 Å². The summed E-state index contributed by atoms with van der Waals surface area (Å²) in [5.41, 5.74) is 0. The fourth-order valence-corrected chi connectivity index (χ4v) is 4.06. The van der Waals surface area contributed by atoms with Crippen LogP contribution in [-0.2, 0) is 9.59 Å². The van der Waals surface area contributed by atoms with Gasteiger partial charge in [-0.1, -0.05) is 36.9 Å².